The Morgan fingerprint density at radius 1 is 1.20 bits per heavy atom. The molecule has 6 nitrogen and oxygen atoms in total. The fraction of sp³-hybridized carbons (Fsp3) is 0.318. The van der Waals surface area contributed by atoms with E-state index in [1.165, 1.54) is 0 Å². The van der Waals surface area contributed by atoms with E-state index in [1.54, 1.807) is 38.3 Å². The van der Waals surface area contributed by atoms with E-state index in [1.807, 2.05) is 18.2 Å². The van der Waals surface area contributed by atoms with Crippen LogP contribution in [0.3, 0.4) is 0 Å². The Labute approximate surface area is 184 Å². The number of carboxylic acids is 1. The zero-order valence-electron chi connectivity index (χ0n) is 16.6. The third-order valence-corrected chi connectivity index (χ3v) is 5.13. The van der Waals surface area contributed by atoms with Crippen LogP contribution in [0.5, 0.6) is 0 Å². The van der Waals surface area contributed by atoms with Gasteiger partial charge in [-0.1, -0.05) is 35.3 Å². The second-order valence-corrected chi connectivity index (χ2v) is 8.10. The number of nitrogens with one attached hydrogen (secondary N) is 1. The van der Waals surface area contributed by atoms with Crippen LogP contribution in [0.1, 0.15) is 36.8 Å². The first-order valence-electron chi connectivity index (χ1n) is 9.48. The molecule has 1 aromatic heterocycles. The summed E-state index contributed by atoms with van der Waals surface area (Å²) in [4.78, 5) is 11.6. The number of rotatable bonds is 9. The lowest BCUT2D eigenvalue weighted by atomic mass is 10.0. The molecular weight excluding hydrogens is 429 g/mol. The van der Waals surface area contributed by atoms with Gasteiger partial charge in [0.25, 0.3) is 0 Å². The molecule has 30 heavy (non-hydrogen) atoms. The van der Waals surface area contributed by atoms with Gasteiger partial charge >= 0.3 is 5.97 Å². The van der Waals surface area contributed by atoms with Crippen molar-refractivity contribution in [1.29, 1.82) is 0 Å². The maximum Gasteiger partial charge on any atom is 0.333 e. The summed E-state index contributed by atoms with van der Waals surface area (Å²) in [5.74, 6) is -1.01. The van der Waals surface area contributed by atoms with Crippen molar-refractivity contribution in [2.75, 3.05) is 0 Å². The van der Waals surface area contributed by atoms with E-state index < -0.39 is 18.3 Å². The number of ether oxygens (including phenoxy) is 1. The van der Waals surface area contributed by atoms with Crippen LogP contribution >= 0.6 is 23.2 Å². The molecule has 2 unspecified atom stereocenters. The summed E-state index contributed by atoms with van der Waals surface area (Å²) in [5, 5.41) is 24.7. The topological polar surface area (TPSA) is 91.9 Å². The molecule has 0 aliphatic heterocycles. The van der Waals surface area contributed by atoms with Crippen molar-refractivity contribution in [3.05, 3.63) is 69.4 Å². The molecule has 2 atom stereocenters. The molecule has 1 heterocycles. The highest BCUT2D eigenvalue weighted by Gasteiger charge is 2.21. The van der Waals surface area contributed by atoms with E-state index in [0.717, 1.165) is 16.5 Å². The molecule has 0 fully saturated rings. The predicted octanol–water partition coefficient (Wildman–Crippen LogP) is 4.94. The number of fused-ring (bicyclic) bond motifs is 1. The summed E-state index contributed by atoms with van der Waals surface area (Å²) >= 11 is 12.1. The molecule has 3 aromatic rings. The van der Waals surface area contributed by atoms with E-state index >= 15 is 0 Å². The Morgan fingerprint density at radius 2 is 1.97 bits per heavy atom. The van der Waals surface area contributed by atoms with Gasteiger partial charge in [-0.2, -0.15) is 0 Å². The number of hydrogen-bond donors (Lipinski definition) is 3. The highest BCUT2D eigenvalue weighted by Crippen LogP contribution is 2.27. The molecule has 0 saturated heterocycles. The Bertz CT molecular complexity index is 1030. The Balaban J connectivity index is 1.81. The van der Waals surface area contributed by atoms with Crippen LogP contribution in [0.15, 0.2) is 47.1 Å². The number of carboxylic acid groups (broad SMARTS) is 1. The van der Waals surface area contributed by atoms with Crippen molar-refractivity contribution in [3.8, 4) is 0 Å². The smallest absolute Gasteiger partial charge is 0.333 e. The highest BCUT2D eigenvalue weighted by atomic mass is 35.5. The minimum atomic E-state index is -1.01. The van der Waals surface area contributed by atoms with Crippen LogP contribution in [-0.4, -0.2) is 28.4 Å². The molecule has 0 bridgehead atoms. The molecule has 2 aromatic carbocycles. The first-order valence-corrected chi connectivity index (χ1v) is 10.2. The first kappa shape index (κ1) is 22.6. The Kier molecular flexibility index (Phi) is 7.39. The SMILES string of the molecule is CC(C)OC(Cc1cc(CNC(O)c2ccc(Cl)cc2Cl)c2occc2c1)C(=O)O. The van der Waals surface area contributed by atoms with E-state index in [2.05, 4.69) is 5.32 Å². The van der Waals surface area contributed by atoms with Gasteiger partial charge < -0.3 is 19.4 Å². The average Bonchev–Trinajstić information content (AvgIpc) is 3.13. The first-order chi connectivity index (χ1) is 14.2. The van der Waals surface area contributed by atoms with Gasteiger partial charge in [0.1, 0.15) is 11.8 Å². The maximum atomic E-state index is 11.6. The number of hydrogen-bond acceptors (Lipinski definition) is 5. The number of halogens is 2. The second-order valence-electron chi connectivity index (χ2n) is 7.26. The lowest BCUT2D eigenvalue weighted by Crippen LogP contribution is -2.29. The zero-order valence-corrected chi connectivity index (χ0v) is 18.1. The van der Waals surface area contributed by atoms with E-state index in [-0.39, 0.29) is 19.1 Å². The van der Waals surface area contributed by atoms with E-state index in [4.69, 9.17) is 32.4 Å². The third kappa shape index (κ3) is 5.53. The van der Waals surface area contributed by atoms with Gasteiger partial charge in [-0.05, 0) is 43.7 Å². The van der Waals surface area contributed by atoms with Crippen LogP contribution < -0.4 is 5.32 Å². The van der Waals surface area contributed by atoms with Crippen molar-refractivity contribution in [2.24, 2.45) is 0 Å². The number of aliphatic hydroxyl groups excluding tert-OH is 1. The number of carbonyl (C=O) groups is 1. The molecule has 3 rings (SSSR count). The van der Waals surface area contributed by atoms with E-state index in [9.17, 15) is 15.0 Å². The molecule has 0 radical (unpaired) electrons. The van der Waals surface area contributed by atoms with Gasteiger partial charge in [0.05, 0.1) is 12.4 Å². The van der Waals surface area contributed by atoms with Crippen molar-refractivity contribution in [2.45, 2.75) is 45.2 Å². The molecule has 160 valence electrons. The van der Waals surface area contributed by atoms with Gasteiger partial charge in [-0.25, -0.2) is 4.79 Å². The van der Waals surface area contributed by atoms with Gasteiger partial charge in [-0.3, -0.25) is 5.32 Å². The minimum Gasteiger partial charge on any atom is -0.479 e. The van der Waals surface area contributed by atoms with Gasteiger partial charge in [0, 0.05) is 39.5 Å². The summed E-state index contributed by atoms with van der Waals surface area (Å²) in [6, 6.07) is 10.4. The van der Waals surface area contributed by atoms with Crippen molar-refractivity contribution < 1.29 is 24.2 Å². The molecule has 0 amide bonds. The summed E-state index contributed by atoms with van der Waals surface area (Å²) in [7, 11) is 0. The van der Waals surface area contributed by atoms with Crippen LogP contribution in [0.4, 0.5) is 0 Å². The minimum absolute atomic E-state index is 0.204. The van der Waals surface area contributed by atoms with Crippen molar-refractivity contribution in [1.82, 2.24) is 5.32 Å². The van der Waals surface area contributed by atoms with Crippen molar-refractivity contribution in [3.63, 3.8) is 0 Å². The normalized spacial score (nSPS) is 13.7. The van der Waals surface area contributed by atoms with Gasteiger partial charge in [0.15, 0.2) is 6.10 Å². The average molecular weight is 452 g/mol. The summed E-state index contributed by atoms with van der Waals surface area (Å²) < 4.78 is 11.1. The van der Waals surface area contributed by atoms with Crippen LogP contribution in [0.2, 0.25) is 10.0 Å². The van der Waals surface area contributed by atoms with Crippen LogP contribution in [0, 0.1) is 0 Å². The molecular formula is C22H23Cl2NO5. The Morgan fingerprint density at radius 3 is 2.63 bits per heavy atom. The quantitative estimate of drug-likeness (QED) is 0.399. The maximum absolute atomic E-state index is 11.6. The number of furan rings is 1. The monoisotopic (exact) mass is 451 g/mol. The standard InChI is InChI=1S/C22H23Cl2NO5/c1-12(2)30-19(22(27)28)9-13-7-14-5-6-29-20(14)15(8-13)11-25-21(26)17-4-3-16(23)10-18(17)24/h3-8,10,12,19,21,25-26H,9,11H2,1-2H3,(H,27,28). The third-order valence-electron chi connectivity index (χ3n) is 4.56. The Hall–Kier alpha value is -2.09. The number of aliphatic carboxylic acids is 1. The lowest BCUT2D eigenvalue weighted by molar-refractivity contribution is -0.153. The van der Waals surface area contributed by atoms with Crippen LogP contribution in [-0.2, 0) is 22.5 Å². The van der Waals surface area contributed by atoms with Gasteiger partial charge in [-0.15, -0.1) is 0 Å². The number of benzene rings is 2. The zero-order chi connectivity index (χ0) is 21.8. The van der Waals surface area contributed by atoms with Gasteiger partial charge in [0.2, 0.25) is 0 Å². The number of aliphatic hydroxyl groups is 1. The molecule has 0 saturated carbocycles. The fourth-order valence-electron chi connectivity index (χ4n) is 3.25. The van der Waals surface area contributed by atoms with E-state index in [0.29, 0.717) is 21.2 Å². The molecule has 3 N–H and O–H groups in total. The second kappa shape index (κ2) is 9.81. The molecule has 8 heteroatoms. The summed E-state index contributed by atoms with van der Waals surface area (Å²) in [6.07, 6.45) is -0.381. The summed E-state index contributed by atoms with van der Waals surface area (Å²) in [5.41, 5.74) is 2.75. The van der Waals surface area contributed by atoms with Crippen LogP contribution in [0.25, 0.3) is 11.0 Å². The predicted molar refractivity (Wildman–Crippen MR) is 116 cm³/mol. The molecule has 0 spiro atoms. The lowest BCUT2D eigenvalue weighted by Gasteiger charge is -2.18. The highest BCUT2D eigenvalue weighted by molar-refractivity contribution is 6.35. The largest absolute Gasteiger partial charge is 0.479 e. The van der Waals surface area contributed by atoms with Crippen molar-refractivity contribution >= 4 is 40.1 Å². The fourth-order valence-corrected chi connectivity index (χ4v) is 3.76. The molecule has 0 aliphatic carbocycles. The summed E-state index contributed by atoms with van der Waals surface area (Å²) in [6.45, 7) is 3.88. The molecule has 0 aliphatic rings.